The molecule has 2 aliphatic rings. The van der Waals surface area contributed by atoms with Crippen LogP contribution >= 0.6 is 0 Å². The highest BCUT2D eigenvalue weighted by Gasteiger charge is 2.25. The lowest BCUT2D eigenvalue weighted by molar-refractivity contribution is -0.129. The number of aromatic nitrogens is 2. The van der Waals surface area contributed by atoms with Crippen LogP contribution in [-0.2, 0) is 9.59 Å². The smallest absolute Gasteiger partial charge is 0.242 e. The summed E-state index contributed by atoms with van der Waals surface area (Å²) in [6.07, 6.45) is 8.61. The van der Waals surface area contributed by atoms with E-state index < -0.39 is 0 Å². The monoisotopic (exact) mass is 319 g/mol. The van der Waals surface area contributed by atoms with Gasteiger partial charge in [0, 0.05) is 12.7 Å². The Kier molecular flexibility index (Phi) is 5.27. The predicted molar refractivity (Wildman–Crippen MR) is 85.8 cm³/mol. The Bertz CT molecular complexity index is 523. The number of nitrogens with one attached hydrogen (secondary N) is 3. The third kappa shape index (κ3) is 4.31. The van der Waals surface area contributed by atoms with E-state index in [1.54, 1.807) is 0 Å². The maximum Gasteiger partial charge on any atom is 0.242 e. The molecule has 3 heterocycles. The standard InChI is InChI=1S/C16H25N5O2/c22-15(20-14-3-1-2-6-17-16(14)23)11-21-7-4-12(5-8-21)13-9-18-19-10-13/h9-10,12,14H,1-8,11H2,(H,17,23)(H,18,19)(H,20,22). The summed E-state index contributed by atoms with van der Waals surface area (Å²) in [4.78, 5) is 26.2. The minimum absolute atomic E-state index is 0.0467. The van der Waals surface area contributed by atoms with Crippen molar-refractivity contribution in [2.24, 2.45) is 0 Å². The fourth-order valence-electron chi connectivity index (χ4n) is 3.43. The number of nitrogens with zero attached hydrogens (tertiary/aromatic N) is 2. The van der Waals surface area contributed by atoms with E-state index in [2.05, 4.69) is 25.7 Å². The third-order valence-electron chi connectivity index (χ3n) is 4.82. The van der Waals surface area contributed by atoms with Crippen LogP contribution in [0, 0.1) is 0 Å². The normalized spacial score (nSPS) is 24.0. The molecule has 1 unspecified atom stereocenters. The Morgan fingerprint density at radius 2 is 2.13 bits per heavy atom. The highest BCUT2D eigenvalue weighted by atomic mass is 16.2. The van der Waals surface area contributed by atoms with Gasteiger partial charge >= 0.3 is 0 Å². The molecule has 23 heavy (non-hydrogen) atoms. The minimum atomic E-state index is -0.367. The van der Waals surface area contributed by atoms with E-state index in [1.807, 2.05) is 12.4 Å². The number of amides is 2. The number of carbonyl (C=O) groups is 2. The topological polar surface area (TPSA) is 90.1 Å². The van der Waals surface area contributed by atoms with Crippen LogP contribution in [0.3, 0.4) is 0 Å². The van der Waals surface area contributed by atoms with Crippen LogP contribution in [0.25, 0.3) is 0 Å². The van der Waals surface area contributed by atoms with Gasteiger partial charge in [0.05, 0.1) is 12.7 Å². The zero-order valence-electron chi connectivity index (χ0n) is 13.4. The number of hydrogen-bond donors (Lipinski definition) is 3. The molecule has 0 bridgehead atoms. The fourth-order valence-corrected chi connectivity index (χ4v) is 3.43. The first-order valence-corrected chi connectivity index (χ1v) is 8.50. The van der Waals surface area contributed by atoms with Gasteiger partial charge in [-0.2, -0.15) is 5.10 Å². The molecule has 2 saturated heterocycles. The van der Waals surface area contributed by atoms with Crippen LogP contribution in [0.4, 0.5) is 0 Å². The van der Waals surface area contributed by atoms with E-state index in [-0.39, 0.29) is 17.9 Å². The van der Waals surface area contributed by atoms with E-state index in [0.717, 1.165) is 45.2 Å². The molecule has 1 atom stereocenters. The minimum Gasteiger partial charge on any atom is -0.354 e. The van der Waals surface area contributed by atoms with Gasteiger partial charge in [-0.1, -0.05) is 0 Å². The molecule has 0 spiro atoms. The third-order valence-corrected chi connectivity index (χ3v) is 4.82. The Morgan fingerprint density at radius 3 is 2.87 bits per heavy atom. The summed E-state index contributed by atoms with van der Waals surface area (Å²) < 4.78 is 0. The summed E-state index contributed by atoms with van der Waals surface area (Å²) in [6, 6.07) is -0.367. The Labute approximate surface area is 136 Å². The highest BCUT2D eigenvalue weighted by Crippen LogP contribution is 2.26. The quantitative estimate of drug-likeness (QED) is 0.748. The highest BCUT2D eigenvalue weighted by molar-refractivity contribution is 5.88. The van der Waals surface area contributed by atoms with E-state index in [1.165, 1.54) is 5.56 Å². The largest absolute Gasteiger partial charge is 0.354 e. The molecular formula is C16H25N5O2. The zero-order chi connectivity index (χ0) is 16.1. The summed E-state index contributed by atoms with van der Waals surface area (Å²) in [5.74, 6) is 0.434. The Morgan fingerprint density at radius 1 is 1.30 bits per heavy atom. The maximum atomic E-state index is 12.2. The molecule has 3 N–H and O–H groups in total. The molecule has 1 aromatic heterocycles. The van der Waals surface area contributed by atoms with Crippen LogP contribution in [0.5, 0.6) is 0 Å². The van der Waals surface area contributed by atoms with Gasteiger partial charge in [0.2, 0.25) is 11.8 Å². The molecule has 1 aromatic rings. The summed E-state index contributed by atoms with van der Waals surface area (Å²) in [5, 5.41) is 12.6. The van der Waals surface area contributed by atoms with Gasteiger partial charge < -0.3 is 10.6 Å². The van der Waals surface area contributed by atoms with E-state index in [4.69, 9.17) is 0 Å². The lowest BCUT2D eigenvalue weighted by Crippen LogP contribution is -2.49. The Balaban J connectivity index is 1.43. The first-order valence-electron chi connectivity index (χ1n) is 8.50. The average molecular weight is 319 g/mol. The van der Waals surface area contributed by atoms with Crippen molar-refractivity contribution in [3.8, 4) is 0 Å². The van der Waals surface area contributed by atoms with Crippen LogP contribution in [0.2, 0.25) is 0 Å². The molecular weight excluding hydrogens is 294 g/mol. The van der Waals surface area contributed by atoms with E-state index >= 15 is 0 Å². The number of carbonyl (C=O) groups excluding carboxylic acids is 2. The van der Waals surface area contributed by atoms with E-state index in [0.29, 0.717) is 19.0 Å². The maximum absolute atomic E-state index is 12.2. The number of hydrogen-bond acceptors (Lipinski definition) is 4. The van der Waals surface area contributed by atoms with Crippen LogP contribution in [0.1, 0.15) is 43.6 Å². The number of rotatable bonds is 4. The van der Waals surface area contributed by atoms with Gasteiger partial charge in [0.1, 0.15) is 6.04 Å². The van der Waals surface area contributed by atoms with Crippen molar-refractivity contribution in [2.45, 2.75) is 44.1 Å². The number of aromatic amines is 1. The summed E-state index contributed by atoms with van der Waals surface area (Å²) >= 11 is 0. The zero-order valence-corrected chi connectivity index (χ0v) is 13.4. The van der Waals surface area contributed by atoms with Gasteiger partial charge in [-0.15, -0.1) is 0 Å². The molecule has 2 fully saturated rings. The predicted octanol–water partition coefficient (Wildman–Crippen LogP) is 0.374. The summed E-state index contributed by atoms with van der Waals surface area (Å²) in [5.41, 5.74) is 1.25. The first-order chi connectivity index (χ1) is 11.2. The van der Waals surface area contributed by atoms with E-state index in [9.17, 15) is 9.59 Å². The van der Waals surface area contributed by atoms with Gasteiger partial charge in [-0.05, 0) is 56.7 Å². The van der Waals surface area contributed by atoms with Gasteiger partial charge in [-0.25, -0.2) is 0 Å². The van der Waals surface area contributed by atoms with Gasteiger partial charge in [0.25, 0.3) is 0 Å². The van der Waals surface area contributed by atoms with Crippen molar-refractivity contribution in [3.05, 3.63) is 18.0 Å². The molecule has 0 aromatic carbocycles. The lowest BCUT2D eigenvalue weighted by atomic mass is 9.91. The van der Waals surface area contributed by atoms with Crippen molar-refractivity contribution in [3.63, 3.8) is 0 Å². The number of piperidine rings is 1. The van der Waals surface area contributed by atoms with Crippen molar-refractivity contribution >= 4 is 11.8 Å². The van der Waals surface area contributed by atoms with Crippen molar-refractivity contribution in [2.75, 3.05) is 26.2 Å². The average Bonchev–Trinajstić information content (AvgIpc) is 3.01. The van der Waals surface area contributed by atoms with Crippen LogP contribution in [0.15, 0.2) is 12.4 Å². The summed E-state index contributed by atoms with van der Waals surface area (Å²) in [6.45, 7) is 2.90. The van der Waals surface area contributed by atoms with Crippen molar-refractivity contribution in [1.82, 2.24) is 25.7 Å². The molecule has 0 aliphatic carbocycles. The van der Waals surface area contributed by atoms with Crippen molar-refractivity contribution in [1.29, 1.82) is 0 Å². The second-order valence-electron chi connectivity index (χ2n) is 6.49. The molecule has 7 nitrogen and oxygen atoms in total. The molecule has 2 aliphatic heterocycles. The van der Waals surface area contributed by atoms with Crippen LogP contribution < -0.4 is 10.6 Å². The molecule has 2 amide bonds. The van der Waals surface area contributed by atoms with Gasteiger partial charge in [0.15, 0.2) is 0 Å². The molecule has 0 saturated carbocycles. The lowest BCUT2D eigenvalue weighted by Gasteiger charge is -2.31. The molecule has 126 valence electrons. The second kappa shape index (κ2) is 7.59. The van der Waals surface area contributed by atoms with Gasteiger partial charge in [-0.3, -0.25) is 19.6 Å². The van der Waals surface area contributed by atoms with Crippen LogP contribution in [-0.4, -0.2) is 59.1 Å². The molecule has 7 heteroatoms. The Hall–Kier alpha value is -1.89. The van der Waals surface area contributed by atoms with Crippen molar-refractivity contribution < 1.29 is 9.59 Å². The first kappa shape index (κ1) is 16.0. The fraction of sp³-hybridized carbons (Fsp3) is 0.688. The number of likely N-dealkylation sites (tertiary alicyclic amines) is 1. The number of H-pyrrole nitrogens is 1. The molecule has 3 rings (SSSR count). The second-order valence-corrected chi connectivity index (χ2v) is 6.49. The summed E-state index contributed by atoms with van der Waals surface area (Å²) in [7, 11) is 0. The SMILES string of the molecule is O=C(CN1CCC(c2cn[nH]c2)CC1)NC1CCCCNC1=O. The molecule has 0 radical (unpaired) electrons.